The van der Waals surface area contributed by atoms with Crippen molar-refractivity contribution in [3.05, 3.63) is 28.6 Å². The van der Waals surface area contributed by atoms with Crippen LogP contribution in [0.4, 0.5) is 0 Å². The van der Waals surface area contributed by atoms with E-state index in [0.717, 1.165) is 28.8 Å². The maximum Gasteiger partial charge on any atom is 0.244 e. The van der Waals surface area contributed by atoms with Crippen LogP contribution in [0, 0.1) is 0 Å². The molecule has 2 atom stereocenters. The zero-order valence-electron chi connectivity index (χ0n) is 11.8. The van der Waals surface area contributed by atoms with Gasteiger partial charge in [-0.15, -0.1) is 0 Å². The van der Waals surface area contributed by atoms with Crippen LogP contribution in [-0.2, 0) is 4.74 Å². The van der Waals surface area contributed by atoms with Gasteiger partial charge < -0.3 is 19.3 Å². The zero-order valence-corrected chi connectivity index (χ0v) is 13.4. The number of ether oxygens (including phenoxy) is 2. The minimum Gasteiger partial charge on any atom is -0.496 e. The van der Waals surface area contributed by atoms with Crippen molar-refractivity contribution >= 4 is 15.9 Å². The number of hydrogen-bond donors (Lipinski definition) is 1. The van der Waals surface area contributed by atoms with Crippen LogP contribution in [0.5, 0.6) is 5.75 Å². The average Bonchev–Trinajstić information content (AvgIpc) is 3.15. The molecule has 0 radical (unpaired) electrons. The first-order valence-electron chi connectivity index (χ1n) is 6.65. The fraction of sp³-hybridized carbons (Fsp3) is 0.429. The highest BCUT2D eigenvalue weighted by Gasteiger charge is 2.29. The van der Waals surface area contributed by atoms with Gasteiger partial charge in [-0.05, 0) is 40.5 Å². The second-order valence-corrected chi connectivity index (χ2v) is 5.71. The standard InChI is InChI=1S/C14H16BrN3O3/c1-19-9-6-11(16-7-9)14-17-13(18-21-14)8-3-4-12(20-2)10(15)5-8/h3-5,9,11,16H,6-7H2,1-2H3/t9-,11+/m0/s1. The number of aromatic nitrogens is 2. The van der Waals surface area contributed by atoms with Crippen molar-refractivity contribution in [3.63, 3.8) is 0 Å². The minimum atomic E-state index is 0.0536. The van der Waals surface area contributed by atoms with Gasteiger partial charge in [0.1, 0.15) is 5.75 Å². The first kappa shape index (κ1) is 14.5. The van der Waals surface area contributed by atoms with E-state index in [9.17, 15) is 0 Å². The lowest BCUT2D eigenvalue weighted by atomic mass is 10.2. The van der Waals surface area contributed by atoms with Gasteiger partial charge in [0.05, 0.1) is 23.7 Å². The molecule has 1 saturated heterocycles. The van der Waals surface area contributed by atoms with Crippen LogP contribution in [0.3, 0.4) is 0 Å². The van der Waals surface area contributed by atoms with Gasteiger partial charge in [0, 0.05) is 19.2 Å². The maximum absolute atomic E-state index is 5.37. The monoisotopic (exact) mass is 353 g/mol. The van der Waals surface area contributed by atoms with E-state index in [1.165, 1.54) is 0 Å². The van der Waals surface area contributed by atoms with Crippen LogP contribution in [0.25, 0.3) is 11.4 Å². The zero-order chi connectivity index (χ0) is 14.8. The van der Waals surface area contributed by atoms with Crippen molar-refractivity contribution in [1.29, 1.82) is 0 Å². The molecule has 2 aromatic rings. The molecule has 1 aromatic carbocycles. The molecule has 1 aliphatic rings. The molecule has 21 heavy (non-hydrogen) atoms. The number of methoxy groups -OCH3 is 2. The summed E-state index contributed by atoms with van der Waals surface area (Å²) in [5.41, 5.74) is 0.874. The van der Waals surface area contributed by atoms with Gasteiger partial charge >= 0.3 is 0 Å². The summed E-state index contributed by atoms with van der Waals surface area (Å²) in [6.07, 6.45) is 1.03. The first-order valence-corrected chi connectivity index (χ1v) is 7.44. The van der Waals surface area contributed by atoms with Crippen molar-refractivity contribution in [2.24, 2.45) is 0 Å². The second kappa shape index (κ2) is 6.13. The van der Waals surface area contributed by atoms with Gasteiger partial charge in [0.25, 0.3) is 0 Å². The number of nitrogens with zero attached hydrogens (tertiary/aromatic N) is 2. The normalized spacial score (nSPS) is 21.7. The summed E-state index contributed by atoms with van der Waals surface area (Å²) in [5, 5.41) is 7.37. The Kier molecular flexibility index (Phi) is 4.23. The average molecular weight is 354 g/mol. The summed E-state index contributed by atoms with van der Waals surface area (Å²) in [7, 11) is 3.34. The molecule has 3 rings (SSSR count). The summed E-state index contributed by atoms with van der Waals surface area (Å²) < 4.78 is 16.8. The molecule has 7 heteroatoms. The Labute approximate surface area is 131 Å². The molecule has 1 aliphatic heterocycles. The van der Waals surface area contributed by atoms with Gasteiger partial charge in [-0.2, -0.15) is 4.98 Å². The number of benzene rings is 1. The van der Waals surface area contributed by atoms with Crippen molar-refractivity contribution in [3.8, 4) is 17.1 Å². The van der Waals surface area contributed by atoms with E-state index in [-0.39, 0.29) is 12.1 Å². The van der Waals surface area contributed by atoms with E-state index in [1.807, 2.05) is 18.2 Å². The summed E-state index contributed by atoms with van der Waals surface area (Å²) in [6.45, 7) is 0.799. The molecule has 0 saturated carbocycles. The number of rotatable bonds is 4. The lowest BCUT2D eigenvalue weighted by molar-refractivity contribution is 0.116. The quantitative estimate of drug-likeness (QED) is 0.910. The van der Waals surface area contributed by atoms with Crippen LogP contribution in [0.1, 0.15) is 18.4 Å². The summed E-state index contributed by atoms with van der Waals surface area (Å²) >= 11 is 3.45. The molecule has 0 aliphatic carbocycles. The highest BCUT2D eigenvalue weighted by Crippen LogP contribution is 2.30. The molecule has 1 N–H and O–H groups in total. The van der Waals surface area contributed by atoms with Crippen molar-refractivity contribution in [2.75, 3.05) is 20.8 Å². The van der Waals surface area contributed by atoms with Gasteiger partial charge in [-0.1, -0.05) is 5.16 Å². The molecule has 112 valence electrons. The topological polar surface area (TPSA) is 69.4 Å². The number of halogens is 1. The van der Waals surface area contributed by atoms with E-state index >= 15 is 0 Å². The Hall–Kier alpha value is -1.44. The Balaban J connectivity index is 1.80. The summed E-state index contributed by atoms with van der Waals surface area (Å²) in [4.78, 5) is 4.47. The molecule has 0 amide bonds. The van der Waals surface area contributed by atoms with E-state index in [0.29, 0.717) is 11.7 Å². The van der Waals surface area contributed by atoms with E-state index < -0.39 is 0 Å². The van der Waals surface area contributed by atoms with E-state index in [2.05, 4.69) is 31.4 Å². The smallest absolute Gasteiger partial charge is 0.244 e. The first-order chi connectivity index (χ1) is 10.2. The van der Waals surface area contributed by atoms with Gasteiger partial charge in [0.15, 0.2) is 0 Å². The fourth-order valence-electron chi connectivity index (χ4n) is 2.37. The van der Waals surface area contributed by atoms with Crippen molar-refractivity contribution in [2.45, 2.75) is 18.6 Å². The predicted molar refractivity (Wildman–Crippen MR) is 80.1 cm³/mol. The van der Waals surface area contributed by atoms with Crippen LogP contribution in [0.2, 0.25) is 0 Å². The predicted octanol–water partition coefficient (Wildman–Crippen LogP) is 2.56. The van der Waals surface area contributed by atoms with Crippen LogP contribution < -0.4 is 10.1 Å². The minimum absolute atomic E-state index is 0.0536. The molecule has 6 nitrogen and oxygen atoms in total. The Morgan fingerprint density at radius 3 is 2.90 bits per heavy atom. The molecule has 0 spiro atoms. The maximum atomic E-state index is 5.37. The molecule has 0 unspecified atom stereocenters. The van der Waals surface area contributed by atoms with Crippen LogP contribution in [0.15, 0.2) is 27.2 Å². The van der Waals surface area contributed by atoms with Crippen LogP contribution in [-0.4, -0.2) is 37.0 Å². The summed E-state index contributed by atoms with van der Waals surface area (Å²) in [5.74, 6) is 1.93. The van der Waals surface area contributed by atoms with E-state index in [1.54, 1.807) is 14.2 Å². The Morgan fingerprint density at radius 2 is 2.24 bits per heavy atom. The third-order valence-corrected chi connectivity index (χ3v) is 4.19. The largest absolute Gasteiger partial charge is 0.496 e. The van der Waals surface area contributed by atoms with Crippen molar-refractivity contribution in [1.82, 2.24) is 15.5 Å². The SMILES string of the molecule is COc1ccc(-c2noc([C@H]3C[C@H](OC)CN3)n2)cc1Br. The second-order valence-electron chi connectivity index (χ2n) is 4.86. The molecule has 1 aromatic heterocycles. The van der Waals surface area contributed by atoms with Crippen LogP contribution >= 0.6 is 15.9 Å². The molecule has 2 heterocycles. The van der Waals surface area contributed by atoms with Gasteiger partial charge in [-0.25, -0.2) is 0 Å². The summed E-state index contributed by atoms with van der Waals surface area (Å²) in [6, 6.07) is 5.73. The Morgan fingerprint density at radius 1 is 1.38 bits per heavy atom. The molecular formula is C14H16BrN3O3. The fourth-order valence-corrected chi connectivity index (χ4v) is 2.91. The number of nitrogens with one attached hydrogen (secondary N) is 1. The lowest BCUT2D eigenvalue weighted by Gasteiger charge is -2.04. The van der Waals surface area contributed by atoms with E-state index in [4.69, 9.17) is 14.0 Å². The van der Waals surface area contributed by atoms with Gasteiger partial charge in [-0.3, -0.25) is 0 Å². The highest BCUT2D eigenvalue weighted by atomic mass is 79.9. The third kappa shape index (κ3) is 2.95. The number of hydrogen-bond acceptors (Lipinski definition) is 6. The molecular weight excluding hydrogens is 338 g/mol. The van der Waals surface area contributed by atoms with Crippen molar-refractivity contribution < 1.29 is 14.0 Å². The Bertz CT molecular complexity index is 632. The third-order valence-electron chi connectivity index (χ3n) is 3.57. The molecule has 0 bridgehead atoms. The lowest BCUT2D eigenvalue weighted by Crippen LogP contribution is -2.16. The molecule has 1 fully saturated rings. The van der Waals surface area contributed by atoms with Gasteiger partial charge in [0.2, 0.25) is 11.7 Å². The highest BCUT2D eigenvalue weighted by molar-refractivity contribution is 9.10.